The fourth-order valence-electron chi connectivity index (χ4n) is 0.917. The summed E-state index contributed by atoms with van der Waals surface area (Å²) in [5, 5.41) is 8.24. The molecular formula is C8H5ClF2N2O. The molecule has 6 heteroatoms. The Morgan fingerprint density at radius 3 is 2.71 bits per heavy atom. The average molecular weight is 219 g/mol. The number of rotatable bonds is 2. The molecule has 0 aromatic carbocycles. The van der Waals surface area contributed by atoms with E-state index >= 15 is 0 Å². The van der Waals surface area contributed by atoms with E-state index in [2.05, 4.69) is 4.98 Å². The molecule has 1 aromatic heterocycles. The second kappa shape index (κ2) is 4.20. The van der Waals surface area contributed by atoms with Gasteiger partial charge in [-0.05, 0) is 0 Å². The molecule has 14 heavy (non-hydrogen) atoms. The molecule has 0 saturated heterocycles. The molecule has 0 aliphatic carbocycles. The summed E-state index contributed by atoms with van der Waals surface area (Å²) in [5.41, 5.74) is -0.973. The molecule has 0 amide bonds. The summed E-state index contributed by atoms with van der Waals surface area (Å²) >= 11 is 5.59. The first-order chi connectivity index (χ1) is 6.61. The van der Waals surface area contributed by atoms with Gasteiger partial charge in [-0.2, -0.15) is 5.26 Å². The largest absolute Gasteiger partial charge is 0.494 e. The topological polar surface area (TPSA) is 45.9 Å². The smallest absolute Gasteiger partial charge is 0.268 e. The van der Waals surface area contributed by atoms with Gasteiger partial charge in [0.05, 0.1) is 23.9 Å². The van der Waals surface area contributed by atoms with Crippen LogP contribution < -0.4 is 4.74 Å². The molecule has 0 aliphatic heterocycles. The van der Waals surface area contributed by atoms with E-state index in [0.29, 0.717) is 0 Å². The predicted octanol–water partition coefficient (Wildman–Crippen LogP) is 2.55. The number of ether oxygens (including phenoxy) is 1. The van der Waals surface area contributed by atoms with Crippen molar-refractivity contribution in [3.63, 3.8) is 0 Å². The maximum Gasteiger partial charge on any atom is 0.268 e. The molecule has 0 fully saturated rings. The highest BCUT2D eigenvalue weighted by Gasteiger charge is 2.21. The number of hydrogen-bond acceptors (Lipinski definition) is 3. The second-order valence-corrected chi connectivity index (χ2v) is 2.69. The first kappa shape index (κ1) is 10.7. The monoisotopic (exact) mass is 218 g/mol. The fourth-order valence-corrected chi connectivity index (χ4v) is 1.21. The lowest BCUT2D eigenvalue weighted by Gasteiger charge is -2.08. The van der Waals surface area contributed by atoms with Gasteiger partial charge in [0.2, 0.25) is 0 Å². The number of hydrogen-bond donors (Lipinski definition) is 0. The van der Waals surface area contributed by atoms with Crippen LogP contribution in [0.1, 0.15) is 17.7 Å². The molecule has 1 rings (SSSR count). The normalized spacial score (nSPS) is 10.0. The average Bonchev–Trinajstić information content (AvgIpc) is 2.16. The van der Waals surface area contributed by atoms with Crippen LogP contribution in [0.2, 0.25) is 5.02 Å². The number of alkyl halides is 2. The van der Waals surface area contributed by atoms with E-state index in [0.717, 1.165) is 6.20 Å². The van der Waals surface area contributed by atoms with E-state index in [1.165, 1.54) is 13.2 Å². The Morgan fingerprint density at radius 2 is 2.29 bits per heavy atom. The van der Waals surface area contributed by atoms with Gasteiger partial charge in [-0.15, -0.1) is 0 Å². The van der Waals surface area contributed by atoms with Crippen molar-refractivity contribution in [2.45, 2.75) is 6.43 Å². The van der Waals surface area contributed by atoms with Crippen molar-refractivity contribution < 1.29 is 13.5 Å². The molecule has 1 aromatic rings. The first-order valence-corrected chi connectivity index (χ1v) is 3.90. The summed E-state index contributed by atoms with van der Waals surface area (Å²) in [6.45, 7) is 0. The highest BCUT2D eigenvalue weighted by molar-refractivity contribution is 6.33. The molecular weight excluding hydrogens is 214 g/mol. The molecule has 1 heterocycles. The Bertz CT molecular complexity index is 390. The van der Waals surface area contributed by atoms with Crippen molar-refractivity contribution in [2.75, 3.05) is 7.11 Å². The van der Waals surface area contributed by atoms with Crippen LogP contribution in [0.4, 0.5) is 8.78 Å². The Hall–Kier alpha value is -1.41. The number of halogens is 3. The van der Waals surface area contributed by atoms with E-state index < -0.39 is 12.0 Å². The summed E-state index contributed by atoms with van der Waals surface area (Å²) < 4.78 is 29.6. The van der Waals surface area contributed by atoms with E-state index in [1.807, 2.05) is 0 Å². The van der Waals surface area contributed by atoms with Crippen LogP contribution in [0.5, 0.6) is 5.75 Å². The van der Waals surface area contributed by atoms with Crippen LogP contribution in [-0.2, 0) is 0 Å². The minimum Gasteiger partial charge on any atom is -0.494 e. The molecule has 0 saturated carbocycles. The minimum atomic E-state index is -2.85. The third-order valence-electron chi connectivity index (χ3n) is 1.56. The zero-order valence-corrected chi connectivity index (χ0v) is 7.85. The maximum atomic E-state index is 12.5. The van der Waals surface area contributed by atoms with Gasteiger partial charge in [0.15, 0.2) is 11.4 Å². The zero-order valence-electron chi connectivity index (χ0n) is 7.09. The van der Waals surface area contributed by atoms with E-state index in [4.69, 9.17) is 21.6 Å². The van der Waals surface area contributed by atoms with Gasteiger partial charge in [0.1, 0.15) is 6.07 Å². The lowest BCUT2D eigenvalue weighted by atomic mass is 10.2. The van der Waals surface area contributed by atoms with Gasteiger partial charge in [0, 0.05) is 0 Å². The zero-order chi connectivity index (χ0) is 10.7. The Morgan fingerprint density at radius 1 is 1.64 bits per heavy atom. The van der Waals surface area contributed by atoms with Gasteiger partial charge < -0.3 is 4.74 Å². The van der Waals surface area contributed by atoms with Crippen molar-refractivity contribution >= 4 is 11.6 Å². The van der Waals surface area contributed by atoms with Crippen LogP contribution in [0.3, 0.4) is 0 Å². The van der Waals surface area contributed by atoms with Crippen LogP contribution in [-0.4, -0.2) is 12.1 Å². The quantitative estimate of drug-likeness (QED) is 0.766. The summed E-state index contributed by atoms with van der Waals surface area (Å²) in [5.74, 6) is 0.0287. The third-order valence-corrected chi connectivity index (χ3v) is 1.95. The molecule has 0 N–H and O–H groups in total. The van der Waals surface area contributed by atoms with Crippen molar-refractivity contribution in [3.05, 3.63) is 22.5 Å². The van der Waals surface area contributed by atoms with Gasteiger partial charge in [-0.1, -0.05) is 11.6 Å². The van der Waals surface area contributed by atoms with E-state index in [-0.39, 0.29) is 16.5 Å². The highest BCUT2D eigenvalue weighted by atomic mass is 35.5. The minimum absolute atomic E-state index is 0.0287. The maximum absolute atomic E-state index is 12.5. The predicted molar refractivity (Wildman–Crippen MR) is 45.5 cm³/mol. The van der Waals surface area contributed by atoms with Crippen LogP contribution in [0.15, 0.2) is 6.20 Å². The lowest BCUT2D eigenvalue weighted by Crippen LogP contribution is -1.98. The van der Waals surface area contributed by atoms with Crippen molar-refractivity contribution in [3.8, 4) is 11.8 Å². The molecule has 0 bridgehead atoms. The molecule has 0 unspecified atom stereocenters. The van der Waals surface area contributed by atoms with Crippen LogP contribution in [0.25, 0.3) is 0 Å². The van der Waals surface area contributed by atoms with Gasteiger partial charge in [-0.25, -0.2) is 13.8 Å². The lowest BCUT2D eigenvalue weighted by molar-refractivity contribution is 0.150. The summed E-state index contributed by atoms with van der Waals surface area (Å²) in [4.78, 5) is 3.50. The molecule has 0 aliphatic rings. The standard InChI is InChI=1S/C8H5ClF2N2O/c1-14-5-3-13-4(2-12)6(7(5)9)8(10)11/h3,8H,1H3. The van der Waals surface area contributed by atoms with Crippen LogP contribution >= 0.6 is 11.6 Å². The van der Waals surface area contributed by atoms with Gasteiger partial charge in [-0.3, -0.25) is 0 Å². The Kier molecular flexibility index (Phi) is 3.20. The molecule has 74 valence electrons. The number of pyridine rings is 1. The Labute approximate surface area is 83.9 Å². The van der Waals surface area contributed by atoms with Crippen molar-refractivity contribution in [1.29, 1.82) is 5.26 Å². The van der Waals surface area contributed by atoms with Crippen LogP contribution in [0, 0.1) is 11.3 Å². The van der Waals surface area contributed by atoms with Crippen molar-refractivity contribution in [2.24, 2.45) is 0 Å². The summed E-state index contributed by atoms with van der Waals surface area (Å²) in [7, 11) is 1.28. The number of nitrogens with zero attached hydrogens (tertiary/aromatic N) is 2. The first-order valence-electron chi connectivity index (χ1n) is 3.52. The second-order valence-electron chi connectivity index (χ2n) is 2.32. The summed E-state index contributed by atoms with van der Waals surface area (Å²) in [6.07, 6.45) is -1.72. The summed E-state index contributed by atoms with van der Waals surface area (Å²) in [6, 6.07) is 1.54. The number of methoxy groups -OCH3 is 1. The molecule has 3 nitrogen and oxygen atoms in total. The van der Waals surface area contributed by atoms with E-state index in [1.54, 1.807) is 0 Å². The molecule has 0 radical (unpaired) electrons. The SMILES string of the molecule is COc1cnc(C#N)c(C(F)F)c1Cl. The third kappa shape index (κ3) is 1.75. The highest BCUT2D eigenvalue weighted by Crippen LogP contribution is 2.35. The van der Waals surface area contributed by atoms with Gasteiger partial charge in [0.25, 0.3) is 6.43 Å². The van der Waals surface area contributed by atoms with E-state index in [9.17, 15) is 8.78 Å². The number of aromatic nitrogens is 1. The number of nitriles is 1. The molecule has 0 spiro atoms. The van der Waals surface area contributed by atoms with Crippen molar-refractivity contribution in [1.82, 2.24) is 4.98 Å². The van der Waals surface area contributed by atoms with Gasteiger partial charge >= 0.3 is 0 Å². The Balaban J connectivity index is 3.41. The fraction of sp³-hybridized carbons (Fsp3) is 0.250. The molecule has 0 atom stereocenters.